The zero-order valence-corrected chi connectivity index (χ0v) is 9.78. The molecule has 0 aromatic heterocycles. The summed E-state index contributed by atoms with van der Waals surface area (Å²) in [6, 6.07) is 0. The average Bonchev–Trinajstić information content (AvgIpc) is 2.79. The molecule has 0 amide bonds. The Kier molecular flexibility index (Phi) is 3.50. The van der Waals surface area contributed by atoms with Gasteiger partial charge >= 0.3 is 5.97 Å². The van der Waals surface area contributed by atoms with E-state index in [1.165, 1.54) is 0 Å². The maximum atomic E-state index is 11.5. The summed E-state index contributed by atoms with van der Waals surface area (Å²) in [6.07, 6.45) is 4.88. The number of carboxylic acids is 1. The van der Waals surface area contributed by atoms with E-state index >= 15 is 0 Å². The Balaban J connectivity index is 2.11. The third kappa shape index (κ3) is 1.96. The Bertz CT molecular complexity index is 258. The lowest BCUT2D eigenvalue weighted by atomic mass is 9.67. The highest BCUT2D eigenvalue weighted by Gasteiger charge is 2.50. The van der Waals surface area contributed by atoms with E-state index in [9.17, 15) is 9.90 Å². The lowest BCUT2D eigenvalue weighted by molar-refractivity contribution is -0.154. The van der Waals surface area contributed by atoms with E-state index in [2.05, 4.69) is 0 Å². The van der Waals surface area contributed by atoms with Gasteiger partial charge in [0, 0.05) is 13.7 Å². The van der Waals surface area contributed by atoms with Crippen LogP contribution in [0.4, 0.5) is 0 Å². The van der Waals surface area contributed by atoms with E-state index in [1.807, 2.05) is 0 Å². The number of methoxy groups -OCH3 is 1. The highest BCUT2D eigenvalue weighted by Crippen LogP contribution is 2.44. The lowest BCUT2D eigenvalue weighted by Crippen LogP contribution is -2.42. The highest BCUT2D eigenvalue weighted by molar-refractivity contribution is 5.75. The van der Waals surface area contributed by atoms with Gasteiger partial charge in [-0.15, -0.1) is 0 Å². The number of hydrogen-bond donors (Lipinski definition) is 1. The monoisotopic (exact) mass is 228 g/mol. The number of aliphatic carboxylic acids is 1. The molecule has 2 rings (SSSR count). The molecule has 0 aromatic rings. The van der Waals surface area contributed by atoms with Gasteiger partial charge in [0.05, 0.1) is 18.1 Å². The third-order valence-corrected chi connectivity index (χ3v) is 4.22. The Morgan fingerprint density at radius 2 is 2.31 bits per heavy atom. The SMILES string of the molecule is COC1CCCC(C2(C(=O)O)CCOC2)C1. The fourth-order valence-electron chi connectivity index (χ4n) is 3.11. The van der Waals surface area contributed by atoms with E-state index in [0.29, 0.717) is 19.6 Å². The van der Waals surface area contributed by atoms with Crippen LogP contribution in [0.1, 0.15) is 32.1 Å². The minimum Gasteiger partial charge on any atom is -0.481 e. The first-order valence-corrected chi connectivity index (χ1v) is 6.03. The van der Waals surface area contributed by atoms with Crippen molar-refractivity contribution >= 4 is 5.97 Å². The summed E-state index contributed by atoms with van der Waals surface area (Å²) in [5.41, 5.74) is -0.642. The molecular formula is C12H20O4. The zero-order chi connectivity index (χ0) is 11.6. The second-order valence-corrected chi connectivity index (χ2v) is 4.99. The van der Waals surface area contributed by atoms with Gasteiger partial charge in [-0.25, -0.2) is 0 Å². The zero-order valence-electron chi connectivity index (χ0n) is 9.78. The van der Waals surface area contributed by atoms with Crippen molar-refractivity contribution in [2.45, 2.75) is 38.2 Å². The first-order valence-electron chi connectivity index (χ1n) is 6.03. The van der Waals surface area contributed by atoms with Crippen molar-refractivity contribution in [3.05, 3.63) is 0 Å². The maximum absolute atomic E-state index is 11.5. The van der Waals surface area contributed by atoms with Crippen LogP contribution in [-0.2, 0) is 14.3 Å². The molecule has 3 atom stereocenters. The van der Waals surface area contributed by atoms with Crippen LogP contribution in [-0.4, -0.2) is 37.5 Å². The van der Waals surface area contributed by atoms with E-state index in [4.69, 9.17) is 9.47 Å². The number of rotatable bonds is 3. The number of carbonyl (C=O) groups is 1. The van der Waals surface area contributed by atoms with Crippen molar-refractivity contribution in [2.24, 2.45) is 11.3 Å². The summed E-state index contributed by atoms with van der Waals surface area (Å²) in [5.74, 6) is -0.474. The molecule has 0 spiro atoms. The smallest absolute Gasteiger partial charge is 0.312 e. The summed E-state index contributed by atoms with van der Waals surface area (Å²) >= 11 is 0. The Morgan fingerprint density at radius 1 is 1.50 bits per heavy atom. The quantitative estimate of drug-likeness (QED) is 0.798. The summed E-state index contributed by atoms with van der Waals surface area (Å²) in [5, 5.41) is 9.45. The average molecular weight is 228 g/mol. The maximum Gasteiger partial charge on any atom is 0.312 e. The number of ether oxygens (including phenoxy) is 2. The molecule has 2 fully saturated rings. The molecule has 0 aromatic carbocycles. The fourth-order valence-corrected chi connectivity index (χ4v) is 3.11. The predicted molar refractivity (Wildman–Crippen MR) is 58.3 cm³/mol. The van der Waals surface area contributed by atoms with Gasteiger partial charge in [0.25, 0.3) is 0 Å². The van der Waals surface area contributed by atoms with Crippen LogP contribution in [0, 0.1) is 11.3 Å². The normalized spacial score (nSPS) is 39.8. The standard InChI is InChI=1S/C12H20O4/c1-15-10-4-2-3-9(7-10)12(11(13)14)5-6-16-8-12/h9-10H,2-8H2,1H3,(H,13,14). The second-order valence-electron chi connectivity index (χ2n) is 4.99. The summed E-state index contributed by atoms with van der Waals surface area (Å²) in [4.78, 5) is 11.5. The summed E-state index contributed by atoms with van der Waals surface area (Å²) < 4.78 is 10.7. The summed E-state index contributed by atoms with van der Waals surface area (Å²) in [7, 11) is 1.71. The van der Waals surface area contributed by atoms with Crippen LogP contribution < -0.4 is 0 Å². The molecule has 1 N–H and O–H groups in total. The summed E-state index contributed by atoms with van der Waals surface area (Å²) in [6.45, 7) is 0.962. The molecule has 1 aliphatic heterocycles. The van der Waals surface area contributed by atoms with Crippen molar-refractivity contribution < 1.29 is 19.4 Å². The first kappa shape index (κ1) is 11.9. The molecule has 1 heterocycles. The molecule has 0 bridgehead atoms. The van der Waals surface area contributed by atoms with Crippen molar-refractivity contribution in [2.75, 3.05) is 20.3 Å². The van der Waals surface area contributed by atoms with Crippen LogP contribution in [0.15, 0.2) is 0 Å². The third-order valence-electron chi connectivity index (χ3n) is 4.22. The molecule has 2 aliphatic rings. The first-order chi connectivity index (χ1) is 7.69. The van der Waals surface area contributed by atoms with Gasteiger partial charge in [-0.3, -0.25) is 4.79 Å². The van der Waals surface area contributed by atoms with Gasteiger partial charge in [0.2, 0.25) is 0 Å². The highest BCUT2D eigenvalue weighted by atomic mass is 16.5. The Morgan fingerprint density at radius 3 is 2.88 bits per heavy atom. The van der Waals surface area contributed by atoms with Gasteiger partial charge < -0.3 is 14.6 Å². The van der Waals surface area contributed by atoms with Crippen molar-refractivity contribution in [1.29, 1.82) is 0 Å². The fraction of sp³-hybridized carbons (Fsp3) is 0.917. The topological polar surface area (TPSA) is 55.8 Å². The lowest BCUT2D eigenvalue weighted by Gasteiger charge is -2.37. The molecule has 16 heavy (non-hydrogen) atoms. The van der Waals surface area contributed by atoms with Gasteiger partial charge in [-0.05, 0) is 31.6 Å². The molecule has 4 nitrogen and oxygen atoms in total. The predicted octanol–water partition coefficient (Wildman–Crippen LogP) is 1.68. The molecule has 1 aliphatic carbocycles. The number of carboxylic acid groups (broad SMARTS) is 1. The van der Waals surface area contributed by atoms with Crippen LogP contribution in [0.2, 0.25) is 0 Å². The Hall–Kier alpha value is -0.610. The van der Waals surface area contributed by atoms with Crippen LogP contribution in [0.5, 0.6) is 0 Å². The molecule has 1 saturated carbocycles. The van der Waals surface area contributed by atoms with E-state index in [-0.39, 0.29) is 12.0 Å². The van der Waals surface area contributed by atoms with E-state index in [0.717, 1.165) is 25.7 Å². The van der Waals surface area contributed by atoms with E-state index < -0.39 is 11.4 Å². The molecule has 92 valence electrons. The minimum atomic E-state index is -0.688. The van der Waals surface area contributed by atoms with Gasteiger partial charge in [0.15, 0.2) is 0 Å². The van der Waals surface area contributed by atoms with Crippen LogP contribution >= 0.6 is 0 Å². The van der Waals surface area contributed by atoms with Crippen molar-refractivity contribution in [3.63, 3.8) is 0 Å². The van der Waals surface area contributed by atoms with Gasteiger partial charge in [0.1, 0.15) is 0 Å². The minimum absolute atomic E-state index is 0.214. The molecule has 4 heteroatoms. The van der Waals surface area contributed by atoms with Crippen molar-refractivity contribution in [3.8, 4) is 0 Å². The molecule has 1 saturated heterocycles. The second kappa shape index (κ2) is 4.72. The van der Waals surface area contributed by atoms with Crippen LogP contribution in [0.25, 0.3) is 0 Å². The van der Waals surface area contributed by atoms with E-state index in [1.54, 1.807) is 7.11 Å². The van der Waals surface area contributed by atoms with Gasteiger partial charge in [-0.1, -0.05) is 6.42 Å². The van der Waals surface area contributed by atoms with Crippen LogP contribution in [0.3, 0.4) is 0 Å². The largest absolute Gasteiger partial charge is 0.481 e. The van der Waals surface area contributed by atoms with Crippen molar-refractivity contribution in [1.82, 2.24) is 0 Å². The number of hydrogen-bond acceptors (Lipinski definition) is 3. The molecular weight excluding hydrogens is 208 g/mol. The molecule has 0 radical (unpaired) electrons. The van der Waals surface area contributed by atoms with Gasteiger partial charge in [-0.2, -0.15) is 0 Å². The molecule has 3 unspecified atom stereocenters. The Labute approximate surface area is 95.9 Å².